The van der Waals surface area contributed by atoms with Gasteiger partial charge >= 0.3 is 6.18 Å². The van der Waals surface area contributed by atoms with Gasteiger partial charge in [-0.15, -0.1) is 0 Å². The summed E-state index contributed by atoms with van der Waals surface area (Å²) in [5.41, 5.74) is 4.30. The zero-order chi connectivity index (χ0) is 32.3. The molecule has 0 aromatic heterocycles. The van der Waals surface area contributed by atoms with E-state index < -0.39 is 24.9 Å². The van der Waals surface area contributed by atoms with Crippen molar-refractivity contribution in [1.29, 1.82) is 0 Å². The van der Waals surface area contributed by atoms with Gasteiger partial charge in [-0.1, -0.05) is 48.0 Å². The third-order valence-electron chi connectivity index (χ3n) is 8.68. The standard InChI is InChI=1S/C19H19ClN2O2.C15H17F3N2O2/c20-15-7-1-12(2-8-15)10-22-19(23)14-5-3-13(4-6-14)18-17-9-16(24-18)11-21-17;16-15(17,18)6-5-13(21)20-10-3-1-9(2-4-10)14-12-7-11(22-14)8-19-12/h1-8,16-18,21H,9-11H2,(H,22,23);1-4,11-12,14,19H,5-8H2,(H,20,21)/t16-,17-,18+;11-,12-,14+/m00/s1. The molecule has 4 saturated heterocycles. The average Bonchev–Trinajstić information content (AvgIpc) is 3.87. The van der Waals surface area contributed by atoms with Gasteiger partial charge in [0.05, 0.1) is 30.8 Å². The van der Waals surface area contributed by atoms with E-state index in [0.717, 1.165) is 42.6 Å². The van der Waals surface area contributed by atoms with E-state index in [1.807, 2.05) is 60.7 Å². The molecule has 2 amide bonds. The number of ether oxygens (including phenoxy) is 2. The van der Waals surface area contributed by atoms with Gasteiger partial charge in [0, 0.05) is 54.4 Å². The molecule has 4 heterocycles. The molecule has 8 nitrogen and oxygen atoms in total. The van der Waals surface area contributed by atoms with Gasteiger partial charge in [0.1, 0.15) is 0 Å². The number of carbonyl (C=O) groups is 2. The summed E-state index contributed by atoms with van der Waals surface area (Å²) in [7, 11) is 0. The summed E-state index contributed by atoms with van der Waals surface area (Å²) in [5.74, 6) is -0.716. The zero-order valence-electron chi connectivity index (χ0n) is 25.0. The molecule has 46 heavy (non-hydrogen) atoms. The first-order valence-corrected chi connectivity index (χ1v) is 15.8. The number of halogens is 4. The van der Waals surface area contributed by atoms with Crippen LogP contribution < -0.4 is 21.3 Å². The lowest BCUT2D eigenvalue weighted by Gasteiger charge is -2.23. The molecule has 4 fully saturated rings. The second kappa shape index (κ2) is 14.1. The molecular formula is C34H36ClF3N4O4. The number of rotatable bonds is 8. The third kappa shape index (κ3) is 8.26. The van der Waals surface area contributed by atoms with E-state index in [-0.39, 0.29) is 24.2 Å². The number of benzene rings is 3. The molecular weight excluding hydrogens is 621 g/mol. The summed E-state index contributed by atoms with van der Waals surface area (Å²) in [5, 5.41) is 12.9. The Balaban J connectivity index is 0.000000162. The zero-order valence-corrected chi connectivity index (χ0v) is 25.7. The van der Waals surface area contributed by atoms with Gasteiger partial charge < -0.3 is 30.7 Å². The van der Waals surface area contributed by atoms with Gasteiger partial charge in [-0.05, 0) is 65.9 Å². The van der Waals surface area contributed by atoms with Gasteiger partial charge in [-0.3, -0.25) is 9.59 Å². The number of anilines is 1. The van der Waals surface area contributed by atoms with Crippen molar-refractivity contribution in [3.63, 3.8) is 0 Å². The highest BCUT2D eigenvalue weighted by Gasteiger charge is 2.42. The van der Waals surface area contributed by atoms with Crippen molar-refractivity contribution in [2.45, 2.75) is 74.9 Å². The number of fused-ring (bicyclic) bond motifs is 4. The van der Waals surface area contributed by atoms with Gasteiger partial charge in [0.15, 0.2) is 0 Å². The van der Waals surface area contributed by atoms with E-state index >= 15 is 0 Å². The van der Waals surface area contributed by atoms with Crippen molar-refractivity contribution >= 4 is 29.1 Å². The van der Waals surface area contributed by atoms with Gasteiger partial charge in [0.25, 0.3) is 5.91 Å². The number of amides is 2. The minimum Gasteiger partial charge on any atom is -0.367 e. The minimum absolute atomic E-state index is 0.00808. The molecule has 244 valence electrons. The second-order valence-corrected chi connectivity index (χ2v) is 12.5. The highest BCUT2D eigenvalue weighted by molar-refractivity contribution is 6.30. The fourth-order valence-corrected chi connectivity index (χ4v) is 6.43. The summed E-state index contributed by atoms with van der Waals surface area (Å²) in [6, 6.07) is 22.9. The molecule has 0 radical (unpaired) electrons. The smallest absolute Gasteiger partial charge is 0.367 e. The Morgan fingerprint density at radius 1 is 0.804 bits per heavy atom. The molecule has 0 spiro atoms. The second-order valence-electron chi connectivity index (χ2n) is 12.1. The van der Waals surface area contributed by atoms with Crippen molar-refractivity contribution in [2.75, 3.05) is 18.4 Å². The summed E-state index contributed by atoms with van der Waals surface area (Å²) in [4.78, 5) is 23.7. The van der Waals surface area contributed by atoms with Crippen molar-refractivity contribution in [3.8, 4) is 0 Å². The molecule has 0 unspecified atom stereocenters. The lowest BCUT2D eigenvalue weighted by molar-refractivity contribution is -0.142. The van der Waals surface area contributed by atoms with Crippen LogP contribution >= 0.6 is 11.6 Å². The predicted octanol–water partition coefficient (Wildman–Crippen LogP) is 5.84. The number of hydrogen-bond acceptors (Lipinski definition) is 6. The molecule has 6 atom stereocenters. The van der Waals surface area contributed by atoms with E-state index in [9.17, 15) is 22.8 Å². The van der Waals surface area contributed by atoms with Gasteiger partial charge in [0.2, 0.25) is 5.91 Å². The van der Waals surface area contributed by atoms with E-state index in [4.69, 9.17) is 21.1 Å². The van der Waals surface area contributed by atoms with Crippen molar-refractivity contribution in [1.82, 2.24) is 16.0 Å². The largest absolute Gasteiger partial charge is 0.389 e. The van der Waals surface area contributed by atoms with Crippen LogP contribution in [0, 0.1) is 0 Å². The molecule has 4 N–H and O–H groups in total. The molecule has 0 saturated carbocycles. The lowest BCUT2D eigenvalue weighted by Crippen LogP contribution is -2.34. The predicted molar refractivity (Wildman–Crippen MR) is 167 cm³/mol. The maximum absolute atomic E-state index is 12.3. The Morgan fingerprint density at radius 2 is 1.35 bits per heavy atom. The molecule has 12 heteroatoms. The molecule has 4 aliphatic rings. The molecule has 4 bridgehead atoms. The average molecular weight is 657 g/mol. The van der Waals surface area contributed by atoms with Crippen LogP contribution in [0.1, 0.15) is 64.9 Å². The number of nitrogens with one attached hydrogen (secondary N) is 4. The van der Waals surface area contributed by atoms with Crippen LogP contribution in [-0.2, 0) is 20.8 Å². The third-order valence-corrected chi connectivity index (χ3v) is 8.94. The Morgan fingerprint density at radius 3 is 1.83 bits per heavy atom. The molecule has 3 aromatic carbocycles. The van der Waals surface area contributed by atoms with Crippen LogP contribution in [0.3, 0.4) is 0 Å². The Labute approximate surface area is 270 Å². The van der Waals surface area contributed by atoms with Crippen molar-refractivity contribution in [2.24, 2.45) is 0 Å². The summed E-state index contributed by atoms with van der Waals surface area (Å²) < 4.78 is 48.0. The molecule has 0 aliphatic carbocycles. The van der Waals surface area contributed by atoms with Gasteiger partial charge in [-0.25, -0.2) is 0 Å². The number of hydrogen-bond donors (Lipinski definition) is 4. The minimum atomic E-state index is -4.31. The maximum atomic E-state index is 12.3. The summed E-state index contributed by atoms with van der Waals surface area (Å²) >= 11 is 5.86. The normalized spacial score (nSPS) is 26.0. The van der Waals surface area contributed by atoms with Crippen LogP contribution in [-0.4, -0.2) is 55.4 Å². The molecule has 7 rings (SSSR count). The van der Waals surface area contributed by atoms with Crippen LogP contribution in [0.25, 0.3) is 0 Å². The van der Waals surface area contributed by atoms with Crippen molar-refractivity contribution in [3.05, 3.63) is 100 Å². The highest BCUT2D eigenvalue weighted by atomic mass is 35.5. The highest BCUT2D eigenvalue weighted by Crippen LogP contribution is 2.38. The van der Waals surface area contributed by atoms with E-state index in [0.29, 0.717) is 41.0 Å². The number of morpholine rings is 2. The van der Waals surface area contributed by atoms with Crippen LogP contribution in [0.5, 0.6) is 0 Å². The van der Waals surface area contributed by atoms with Crippen LogP contribution in [0.4, 0.5) is 18.9 Å². The Bertz CT molecular complexity index is 1500. The topological polar surface area (TPSA) is 101 Å². The fraction of sp³-hybridized carbons (Fsp3) is 0.412. The van der Waals surface area contributed by atoms with E-state index in [1.165, 1.54) is 0 Å². The monoisotopic (exact) mass is 656 g/mol. The number of carbonyl (C=O) groups excluding carboxylic acids is 2. The summed E-state index contributed by atoms with van der Waals surface area (Å²) in [6.45, 7) is 2.32. The maximum Gasteiger partial charge on any atom is 0.389 e. The SMILES string of the molecule is O=C(CCC(F)(F)F)Nc1ccc([C@H]2O[C@@H]3CN[C@H]2C3)cc1.O=C(NCc1ccc(Cl)cc1)c1ccc([C@H]2O[C@@H]3CN[C@H]2C3)cc1. The van der Waals surface area contributed by atoms with E-state index in [1.54, 1.807) is 12.1 Å². The van der Waals surface area contributed by atoms with Crippen LogP contribution in [0.15, 0.2) is 72.8 Å². The van der Waals surface area contributed by atoms with Crippen LogP contribution in [0.2, 0.25) is 5.02 Å². The first kappa shape index (κ1) is 32.5. The first-order valence-electron chi connectivity index (χ1n) is 15.5. The summed E-state index contributed by atoms with van der Waals surface area (Å²) in [6.07, 6.45) is -3.20. The van der Waals surface area contributed by atoms with Crippen molar-refractivity contribution < 1.29 is 32.2 Å². The first-order chi connectivity index (χ1) is 22.1. The lowest BCUT2D eigenvalue weighted by atomic mass is 10.0. The van der Waals surface area contributed by atoms with E-state index in [2.05, 4.69) is 21.3 Å². The van der Waals surface area contributed by atoms with Gasteiger partial charge in [-0.2, -0.15) is 13.2 Å². The Hall–Kier alpha value is -3.48. The Kier molecular flexibility index (Phi) is 9.95. The molecule has 3 aromatic rings. The fourth-order valence-electron chi connectivity index (χ4n) is 6.31. The quantitative estimate of drug-likeness (QED) is 0.243. The molecule has 4 aliphatic heterocycles. The number of alkyl halides is 3.